The maximum absolute atomic E-state index is 13.0. The summed E-state index contributed by atoms with van der Waals surface area (Å²) in [6.07, 6.45) is 0.785. The first-order valence-electron chi connectivity index (χ1n) is 9.98. The Hall–Kier alpha value is -0.900. The van der Waals surface area contributed by atoms with Crippen molar-refractivity contribution in [2.75, 3.05) is 7.05 Å². The normalized spacial score (nSPS) is 18.0. The van der Waals surface area contributed by atoms with Gasteiger partial charge in [0, 0.05) is 35.9 Å². The van der Waals surface area contributed by atoms with Crippen LogP contribution in [0.15, 0.2) is 0 Å². The lowest BCUT2D eigenvalue weighted by molar-refractivity contribution is -0.135. The standard InChI is InChI=1S/C22H44N2O2/c1-14(13-15(2)19(26)23-12)17(24-21(7,8)9)22(10,11)16(3)18(25)20(4,5)6/h14-17,24H,13H2,1-12H3,(H,23,26). The van der Waals surface area contributed by atoms with Crippen LogP contribution in [0, 0.1) is 28.6 Å². The van der Waals surface area contributed by atoms with E-state index in [0.717, 1.165) is 6.42 Å². The molecule has 0 heterocycles. The number of carbonyl (C=O) groups excluding carboxylic acids is 2. The lowest BCUT2D eigenvalue weighted by atomic mass is 9.63. The van der Waals surface area contributed by atoms with E-state index in [0.29, 0.717) is 0 Å². The molecule has 154 valence electrons. The molecule has 4 heteroatoms. The fraction of sp³-hybridized carbons (Fsp3) is 0.909. The summed E-state index contributed by atoms with van der Waals surface area (Å²) in [5.74, 6) is 0.480. The summed E-state index contributed by atoms with van der Waals surface area (Å²) in [6.45, 7) is 23.0. The highest BCUT2D eigenvalue weighted by atomic mass is 16.1. The minimum absolute atomic E-state index is 0.0521. The maximum Gasteiger partial charge on any atom is 0.222 e. The second kappa shape index (κ2) is 8.86. The molecule has 0 saturated heterocycles. The molecule has 4 nitrogen and oxygen atoms in total. The van der Waals surface area contributed by atoms with E-state index < -0.39 is 0 Å². The third-order valence-corrected chi connectivity index (χ3v) is 5.63. The second-order valence-corrected chi connectivity index (χ2v) is 10.8. The molecule has 2 N–H and O–H groups in total. The predicted octanol–water partition coefficient (Wildman–Crippen LogP) is 4.43. The molecule has 0 spiro atoms. The predicted molar refractivity (Wildman–Crippen MR) is 111 cm³/mol. The van der Waals surface area contributed by atoms with Crippen molar-refractivity contribution < 1.29 is 9.59 Å². The minimum atomic E-state index is -0.360. The van der Waals surface area contributed by atoms with Gasteiger partial charge in [0.1, 0.15) is 5.78 Å². The molecule has 4 atom stereocenters. The highest BCUT2D eigenvalue weighted by molar-refractivity contribution is 5.86. The van der Waals surface area contributed by atoms with Gasteiger partial charge in [0.05, 0.1) is 0 Å². The lowest BCUT2D eigenvalue weighted by Crippen LogP contribution is -2.57. The van der Waals surface area contributed by atoms with Gasteiger partial charge in [-0.05, 0) is 38.5 Å². The van der Waals surface area contributed by atoms with Crippen LogP contribution in [0.5, 0.6) is 0 Å². The first-order chi connectivity index (χ1) is 11.4. The number of amides is 1. The van der Waals surface area contributed by atoms with Crippen molar-refractivity contribution in [3.05, 3.63) is 0 Å². The Morgan fingerprint density at radius 1 is 0.885 bits per heavy atom. The van der Waals surface area contributed by atoms with Gasteiger partial charge in [0.15, 0.2) is 0 Å². The van der Waals surface area contributed by atoms with Crippen molar-refractivity contribution >= 4 is 11.7 Å². The fourth-order valence-electron chi connectivity index (χ4n) is 3.83. The molecular weight excluding hydrogens is 324 g/mol. The molecule has 0 saturated carbocycles. The number of Topliss-reactive ketones (excluding diaryl/α,β-unsaturated/α-hetero) is 1. The SMILES string of the molecule is CNC(=O)C(C)CC(C)C(NC(C)(C)C)C(C)(C)C(C)C(=O)C(C)(C)C. The average molecular weight is 369 g/mol. The summed E-state index contributed by atoms with van der Waals surface area (Å²) in [5, 5.41) is 6.51. The van der Waals surface area contributed by atoms with Crippen LogP contribution in [0.3, 0.4) is 0 Å². The van der Waals surface area contributed by atoms with Crippen LogP contribution < -0.4 is 10.6 Å². The van der Waals surface area contributed by atoms with Crippen molar-refractivity contribution in [2.45, 2.75) is 94.2 Å². The van der Waals surface area contributed by atoms with Gasteiger partial charge in [-0.25, -0.2) is 0 Å². The third kappa shape index (κ3) is 7.02. The van der Waals surface area contributed by atoms with Gasteiger partial charge in [-0.3, -0.25) is 9.59 Å². The molecule has 0 aliphatic heterocycles. The number of hydrogen-bond donors (Lipinski definition) is 2. The van der Waals surface area contributed by atoms with Crippen LogP contribution >= 0.6 is 0 Å². The maximum atomic E-state index is 13.0. The first-order valence-corrected chi connectivity index (χ1v) is 9.98. The largest absolute Gasteiger partial charge is 0.359 e. The van der Waals surface area contributed by atoms with E-state index in [-0.39, 0.29) is 51.9 Å². The van der Waals surface area contributed by atoms with Crippen LogP contribution in [0.25, 0.3) is 0 Å². The van der Waals surface area contributed by atoms with Crippen LogP contribution in [-0.4, -0.2) is 30.3 Å². The van der Waals surface area contributed by atoms with Crippen LogP contribution in [0.2, 0.25) is 0 Å². The van der Waals surface area contributed by atoms with Crippen molar-refractivity contribution in [3.8, 4) is 0 Å². The molecule has 0 rings (SSSR count). The topological polar surface area (TPSA) is 58.2 Å². The summed E-state index contributed by atoms with van der Waals surface area (Å²) in [7, 11) is 1.68. The van der Waals surface area contributed by atoms with Crippen molar-refractivity contribution in [3.63, 3.8) is 0 Å². The van der Waals surface area contributed by atoms with Crippen LogP contribution in [0.1, 0.15) is 82.6 Å². The van der Waals surface area contributed by atoms with E-state index in [2.05, 4.69) is 59.1 Å². The molecule has 0 aromatic rings. The van der Waals surface area contributed by atoms with Crippen LogP contribution in [0.4, 0.5) is 0 Å². The number of hydrogen-bond acceptors (Lipinski definition) is 3. The molecule has 26 heavy (non-hydrogen) atoms. The number of ketones is 1. The van der Waals surface area contributed by atoms with Gasteiger partial charge >= 0.3 is 0 Å². The van der Waals surface area contributed by atoms with E-state index in [4.69, 9.17) is 0 Å². The van der Waals surface area contributed by atoms with Gasteiger partial charge in [-0.1, -0.05) is 55.4 Å². The summed E-state index contributed by atoms with van der Waals surface area (Å²) in [5.41, 5.74) is -0.669. The Balaban J connectivity index is 5.71. The van der Waals surface area contributed by atoms with Gasteiger partial charge < -0.3 is 10.6 Å². The molecule has 0 aromatic heterocycles. The van der Waals surface area contributed by atoms with Crippen molar-refractivity contribution in [2.24, 2.45) is 28.6 Å². The first kappa shape index (κ1) is 25.1. The Bertz CT molecular complexity index is 483. The van der Waals surface area contributed by atoms with Crippen LogP contribution in [-0.2, 0) is 9.59 Å². The Morgan fingerprint density at radius 3 is 1.69 bits per heavy atom. The zero-order valence-electron chi connectivity index (χ0n) is 19.3. The zero-order chi connectivity index (χ0) is 21.1. The van der Waals surface area contributed by atoms with Gasteiger partial charge in [-0.2, -0.15) is 0 Å². The van der Waals surface area contributed by atoms with Gasteiger partial charge in [0.2, 0.25) is 5.91 Å². The number of carbonyl (C=O) groups is 2. The highest BCUT2D eigenvalue weighted by Gasteiger charge is 2.44. The Labute approximate surface area is 162 Å². The van der Waals surface area contributed by atoms with E-state index in [1.165, 1.54) is 0 Å². The molecule has 0 fully saturated rings. The molecule has 0 radical (unpaired) electrons. The molecular formula is C22H44N2O2. The van der Waals surface area contributed by atoms with E-state index in [9.17, 15) is 9.59 Å². The summed E-state index contributed by atoms with van der Waals surface area (Å²) >= 11 is 0. The molecule has 1 amide bonds. The number of rotatable bonds is 8. The summed E-state index contributed by atoms with van der Waals surface area (Å²) in [6, 6.07) is 0.121. The fourth-order valence-corrected chi connectivity index (χ4v) is 3.83. The lowest BCUT2D eigenvalue weighted by Gasteiger charge is -2.47. The molecule has 0 aliphatic carbocycles. The minimum Gasteiger partial charge on any atom is -0.359 e. The monoisotopic (exact) mass is 368 g/mol. The summed E-state index contributed by atoms with van der Waals surface area (Å²) < 4.78 is 0. The van der Waals surface area contributed by atoms with Crippen molar-refractivity contribution in [1.82, 2.24) is 10.6 Å². The van der Waals surface area contributed by atoms with Crippen molar-refractivity contribution in [1.29, 1.82) is 0 Å². The Morgan fingerprint density at radius 2 is 1.35 bits per heavy atom. The number of nitrogens with one attached hydrogen (secondary N) is 2. The van der Waals surface area contributed by atoms with E-state index >= 15 is 0 Å². The third-order valence-electron chi connectivity index (χ3n) is 5.63. The smallest absolute Gasteiger partial charge is 0.222 e. The second-order valence-electron chi connectivity index (χ2n) is 10.8. The molecule has 0 bridgehead atoms. The van der Waals surface area contributed by atoms with Gasteiger partial charge in [-0.15, -0.1) is 0 Å². The quantitative estimate of drug-likeness (QED) is 0.666. The molecule has 4 unspecified atom stereocenters. The summed E-state index contributed by atoms with van der Waals surface area (Å²) in [4.78, 5) is 25.0. The molecule has 0 aliphatic rings. The van der Waals surface area contributed by atoms with E-state index in [1.807, 2.05) is 27.7 Å². The highest BCUT2D eigenvalue weighted by Crippen LogP contribution is 2.40. The zero-order valence-corrected chi connectivity index (χ0v) is 19.3. The van der Waals surface area contributed by atoms with Gasteiger partial charge in [0.25, 0.3) is 0 Å². The Kier molecular flexibility index (Phi) is 8.55. The average Bonchev–Trinajstić information content (AvgIpc) is 2.47. The van der Waals surface area contributed by atoms with E-state index in [1.54, 1.807) is 7.05 Å². The molecule has 0 aromatic carbocycles.